The SMILES string of the molecule is C[C@@H](NCC1(N2CCOCC2)CCCCC1)C(=O)Nc1ccc(F)cc1. The zero-order valence-corrected chi connectivity index (χ0v) is 15.6. The van der Waals surface area contributed by atoms with Crippen LogP contribution in [0.3, 0.4) is 0 Å². The monoisotopic (exact) mass is 363 g/mol. The molecule has 2 N–H and O–H groups in total. The van der Waals surface area contributed by atoms with Gasteiger partial charge in [-0.15, -0.1) is 0 Å². The van der Waals surface area contributed by atoms with Crippen molar-refractivity contribution in [3.05, 3.63) is 30.1 Å². The Morgan fingerprint density at radius 3 is 2.50 bits per heavy atom. The summed E-state index contributed by atoms with van der Waals surface area (Å²) in [6, 6.07) is 5.55. The molecule has 1 saturated carbocycles. The van der Waals surface area contributed by atoms with Gasteiger partial charge in [-0.3, -0.25) is 9.69 Å². The van der Waals surface area contributed by atoms with E-state index in [0.717, 1.165) is 32.8 Å². The summed E-state index contributed by atoms with van der Waals surface area (Å²) in [5, 5.41) is 6.30. The largest absolute Gasteiger partial charge is 0.379 e. The number of anilines is 1. The number of morpholine rings is 1. The van der Waals surface area contributed by atoms with E-state index < -0.39 is 0 Å². The molecule has 3 rings (SSSR count). The van der Waals surface area contributed by atoms with E-state index in [0.29, 0.717) is 5.69 Å². The maximum atomic E-state index is 13.0. The number of hydrogen-bond acceptors (Lipinski definition) is 4. The maximum Gasteiger partial charge on any atom is 0.241 e. The number of nitrogens with zero attached hydrogens (tertiary/aromatic N) is 1. The highest BCUT2D eigenvalue weighted by atomic mass is 19.1. The lowest BCUT2D eigenvalue weighted by Gasteiger charge is -2.48. The van der Waals surface area contributed by atoms with Gasteiger partial charge in [0.25, 0.3) is 0 Å². The maximum absolute atomic E-state index is 13.0. The van der Waals surface area contributed by atoms with Crippen LogP contribution in [-0.2, 0) is 9.53 Å². The van der Waals surface area contributed by atoms with Crippen molar-refractivity contribution >= 4 is 11.6 Å². The molecule has 1 heterocycles. The summed E-state index contributed by atoms with van der Waals surface area (Å²) < 4.78 is 18.5. The predicted molar refractivity (Wildman–Crippen MR) is 101 cm³/mol. The molecule has 0 spiro atoms. The molecular weight excluding hydrogens is 333 g/mol. The van der Waals surface area contributed by atoms with Gasteiger partial charge < -0.3 is 15.4 Å². The zero-order chi connectivity index (χ0) is 18.4. The molecule has 1 amide bonds. The van der Waals surface area contributed by atoms with Gasteiger partial charge in [0, 0.05) is 30.9 Å². The van der Waals surface area contributed by atoms with Crippen LogP contribution in [0.25, 0.3) is 0 Å². The molecule has 0 aromatic heterocycles. The van der Waals surface area contributed by atoms with E-state index in [2.05, 4.69) is 15.5 Å². The van der Waals surface area contributed by atoms with Crippen molar-refractivity contribution in [3.8, 4) is 0 Å². The lowest BCUT2D eigenvalue weighted by atomic mass is 9.79. The molecule has 26 heavy (non-hydrogen) atoms. The second kappa shape index (κ2) is 8.93. The van der Waals surface area contributed by atoms with Gasteiger partial charge >= 0.3 is 0 Å². The summed E-state index contributed by atoms with van der Waals surface area (Å²) in [5.74, 6) is -0.400. The number of amides is 1. The minimum atomic E-state index is -0.307. The van der Waals surface area contributed by atoms with Crippen molar-refractivity contribution in [1.82, 2.24) is 10.2 Å². The van der Waals surface area contributed by atoms with Gasteiger partial charge in [-0.05, 0) is 44.0 Å². The second-order valence-corrected chi connectivity index (χ2v) is 7.48. The lowest BCUT2D eigenvalue weighted by Crippen LogP contribution is -2.60. The summed E-state index contributed by atoms with van der Waals surface area (Å²) in [4.78, 5) is 15.0. The third kappa shape index (κ3) is 4.81. The number of halogens is 1. The van der Waals surface area contributed by atoms with E-state index >= 15 is 0 Å². The molecule has 0 radical (unpaired) electrons. The first-order chi connectivity index (χ1) is 12.6. The number of carbonyl (C=O) groups is 1. The molecule has 1 saturated heterocycles. The Morgan fingerprint density at radius 1 is 1.19 bits per heavy atom. The normalized spacial score (nSPS) is 21.9. The molecule has 2 fully saturated rings. The van der Waals surface area contributed by atoms with Crippen molar-refractivity contribution < 1.29 is 13.9 Å². The molecule has 1 aromatic rings. The van der Waals surface area contributed by atoms with E-state index in [1.54, 1.807) is 12.1 Å². The molecule has 0 unspecified atom stereocenters. The Labute approximate surface area is 155 Å². The standard InChI is InChI=1S/C20H30FN3O2/c1-16(19(25)23-18-7-5-17(21)6-8-18)22-15-20(9-3-2-4-10-20)24-11-13-26-14-12-24/h5-8,16,22H,2-4,9-15H2,1H3,(H,23,25)/t16-/m1/s1. The van der Waals surface area contributed by atoms with Crippen molar-refractivity contribution in [2.24, 2.45) is 0 Å². The van der Waals surface area contributed by atoms with E-state index in [1.165, 1.54) is 44.2 Å². The number of rotatable bonds is 6. The first kappa shape index (κ1) is 19.3. The van der Waals surface area contributed by atoms with Crippen molar-refractivity contribution in [1.29, 1.82) is 0 Å². The average molecular weight is 363 g/mol. The lowest BCUT2D eigenvalue weighted by molar-refractivity contribution is -0.118. The Bertz CT molecular complexity index is 581. The van der Waals surface area contributed by atoms with Gasteiger partial charge in [0.1, 0.15) is 5.82 Å². The van der Waals surface area contributed by atoms with Crippen LogP contribution in [0.2, 0.25) is 0 Å². The molecule has 2 aliphatic rings. The average Bonchev–Trinajstić information content (AvgIpc) is 2.69. The number of carbonyl (C=O) groups excluding carboxylic acids is 1. The number of ether oxygens (including phenoxy) is 1. The summed E-state index contributed by atoms with van der Waals surface area (Å²) in [7, 11) is 0. The molecule has 1 atom stereocenters. The predicted octanol–water partition coefficient (Wildman–Crippen LogP) is 2.78. The third-order valence-corrected chi connectivity index (χ3v) is 5.71. The Hall–Kier alpha value is -1.50. The van der Waals surface area contributed by atoms with Crippen LogP contribution in [-0.4, -0.2) is 55.2 Å². The minimum absolute atomic E-state index is 0.0930. The summed E-state index contributed by atoms with van der Waals surface area (Å²) >= 11 is 0. The van der Waals surface area contributed by atoms with Crippen LogP contribution >= 0.6 is 0 Å². The van der Waals surface area contributed by atoms with E-state index in [-0.39, 0.29) is 23.3 Å². The zero-order valence-electron chi connectivity index (χ0n) is 15.6. The minimum Gasteiger partial charge on any atom is -0.379 e. The van der Waals surface area contributed by atoms with Gasteiger partial charge in [-0.2, -0.15) is 0 Å². The quantitative estimate of drug-likeness (QED) is 0.816. The van der Waals surface area contributed by atoms with Gasteiger partial charge in [0.15, 0.2) is 0 Å². The topological polar surface area (TPSA) is 53.6 Å². The molecule has 1 aliphatic heterocycles. The number of hydrogen-bond donors (Lipinski definition) is 2. The highest BCUT2D eigenvalue weighted by molar-refractivity contribution is 5.94. The van der Waals surface area contributed by atoms with Gasteiger partial charge in [-0.1, -0.05) is 19.3 Å². The van der Waals surface area contributed by atoms with Crippen molar-refractivity contribution in [2.75, 3.05) is 38.2 Å². The molecule has 1 aromatic carbocycles. The van der Waals surface area contributed by atoms with Crippen molar-refractivity contribution in [3.63, 3.8) is 0 Å². The van der Waals surface area contributed by atoms with Crippen LogP contribution in [0.4, 0.5) is 10.1 Å². The van der Waals surface area contributed by atoms with Crippen molar-refractivity contribution in [2.45, 2.75) is 50.6 Å². The van der Waals surface area contributed by atoms with Gasteiger partial charge in [0.05, 0.1) is 19.3 Å². The summed E-state index contributed by atoms with van der Waals surface area (Å²) in [6.07, 6.45) is 6.13. The van der Waals surface area contributed by atoms with Crippen LogP contribution in [0.5, 0.6) is 0 Å². The highest BCUT2D eigenvalue weighted by Crippen LogP contribution is 2.34. The van der Waals surface area contributed by atoms with Crippen LogP contribution in [0.1, 0.15) is 39.0 Å². The first-order valence-corrected chi connectivity index (χ1v) is 9.72. The van der Waals surface area contributed by atoms with E-state index in [1.807, 2.05) is 6.92 Å². The fourth-order valence-corrected chi connectivity index (χ4v) is 4.07. The van der Waals surface area contributed by atoms with Crippen LogP contribution in [0, 0.1) is 5.82 Å². The summed E-state index contributed by atoms with van der Waals surface area (Å²) in [6.45, 7) is 6.22. The van der Waals surface area contributed by atoms with Gasteiger partial charge in [-0.25, -0.2) is 4.39 Å². The van der Waals surface area contributed by atoms with Crippen LogP contribution in [0.15, 0.2) is 24.3 Å². The molecule has 0 bridgehead atoms. The fourth-order valence-electron chi connectivity index (χ4n) is 4.07. The van der Waals surface area contributed by atoms with Crippen LogP contribution < -0.4 is 10.6 Å². The molecule has 144 valence electrons. The van der Waals surface area contributed by atoms with E-state index in [9.17, 15) is 9.18 Å². The molecule has 1 aliphatic carbocycles. The Morgan fingerprint density at radius 2 is 1.85 bits per heavy atom. The molecular formula is C20H30FN3O2. The third-order valence-electron chi connectivity index (χ3n) is 5.71. The molecule has 5 nitrogen and oxygen atoms in total. The molecule has 6 heteroatoms. The highest BCUT2D eigenvalue weighted by Gasteiger charge is 2.38. The first-order valence-electron chi connectivity index (χ1n) is 9.72. The smallest absolute Gasteiger partial charge is 0.241 e. The van der Waals surface area contributed by atoms with E-state index in [4.69, 9.17) is 4.74 Å². The second-order valence-electron chi connectivity index (χ2n) is 7.48. The Kier molecular flexibility index (Phi) is 6.62. The Balaban J connectivity index is 1.57. The van der Waals surface area contributed by atoms with Gasteiger partial charge in [0.2, 0.25) is 5.91 Å². The number of benzene rings is 1. The number of nitrogens with one attached hydrogen (secondary N) is 2. The fraction of sp³-hybridized carbons (Fsp3) is 0.650. The summed E-state index contributed by atoms with van der Waals surface area (Å²) in [5.41, 5.74) is 0.748.